The third-order valence-corrected chi connectivity index (χ3v) is 3.89. The molecule has 1 unspecified atom stereocenters. The molecule has 0 aliphatic heterocycles. The van der Waals surface area contributed by atoms with Gasteiger partial charge in [0.05, 0.1) is 13.5 Å². The van der Waals surface area contributed by atoms with E-state index >= 15 is 0 Å². The first kappa shape index (κ1) is 14.2. The summed E-state index contributed by atoms with van der Waals surface area (Å²) in [5.74, 6) is -0.248. The molecule has 112 valence electrons. The standard InChI is InChI=1S/C18H17NO3/c1-22-13-8-6-12(7-9-13)15(10-18(20)21)16-11-19-17-5-3-2-4-14(16)17/h2-9,11,15,19H,10H2,1H3,(H,20,21). The van der Waals surface area contributed by atoms with Gasteiger partial charge in [-0.2, -0.15) is 0 Å². The highest BCUT2D eigenvalue weighted by Crippen LogP contribution is 2.34. The van der Waals surface area contributed by atoms with Crippen LogP contribution in [0.2, 0.25) is 0 Å². The number of hydrogen-bond donors (Lipinski definition) is 2. The Bertz CT molecular complexity index is 789. The molecular formula is C18H17NO3. The topological polar surface area (TPSA) is 62.3 Å². The number of carboxylic acid groups (broad SMARTS) is 1. The van der Waals surface area contributed by atoms with Crippen LogP contribution in [0.1, 0.15) is 23.5 Å². The highest BCUT2D eigenvalue weighted by atomic mass is 16.5. The molecule has 1 aromatic heterocycles. The van der Waals surface area contributed by atoms with Crippen LogP contribution in [0.4, 0.5) is 0 Å². The summed E-state index contributed by atoms with van der Waals surface area (Å²) in [4.78, 5) is 14.5. The summed E-state index contributed by atoms with van der Waals surface area (Å²) in [5.41, 5.74) is 2.98. The second-order valence-corrected chi connectivity index (χ2v) is 5.21. The third-order valence-electron chi connectivity index (χ3n) is 3.89. The first-order chi connectivity index (χ1) is 10.7. The number of nitrogens with one attached hydrogen (secondary N) is 1. The lowest BCUT2D eigenvalue weighted by molar-refractivity contribution is -0.137. The molecule has 0 bridgehead atoms. The van der Waals surface area contributed by atoms with Crippen molar-refractivity contribution in [2.45, 2.75) is 12.3 Å². The van der Waals surface area contributed by atoms with E-state index in [1.807, 2.05) is 54.7 Å². The number of carbonyl (C=O) groups is 1. The SMILES string of the molecule is COc1ccc(C(CC(=O)O)c2c[nH]c3ccccc23)cc1. The Labute approximate surface area is 128 Å². The van der Waals surface area contributed by atoms with Gasteiger partial charge in [0.15, 0.2) is 0 Å². The molecule has 22 heavy (non-hydrogen) atoms. The van der Waals surface area contributed by atoms with Gasteiger partial charge in [-0.3, -0.25) is 4.79 Å². The average molecular weight is 295 g/mol. The smallest absolute Gasteiger partial charge is 0.304 e. The first-order valence-corrected chi connectivity index (χ1v) is 7.11. The summed E-state index contributed by atoms with van der Waals surface area (Å²) >= 11 is 0. The van der Waals surface area contributed by atoms with Crippen LogP contribution < -0.4 is 4.74 Å². The average Bonchev–Trinajstić information content (AvgIpc) is 2.96. The zero-order valence-electron chi connectivity index (χ0n) is 12.2. The second kappa shape index (κ2) is 5.93. The lowest BCUT2D eigenvalue weighted by Crippen LogP contribution is -2.07. The number of methoxy groups -OCH3 is 1. The minimum Gasteiger partial charge on any atom is -0.497 e. The van der Waals surface area contributed by atoms with Crippen LogP contribution in [0.25, 0.3) is 10.9 Å². The molecule has 0 spiro atoms. The number of benzene rings is 2. The van der Waals surface area contributed by atoms with E-state index in [1.165, 1.54) is 0 Å². The Balaban J connectivity index is 2.07. The van der Waals surface area contributed by atoms with E-state index in [1.54, 1.807) is 7.11 Å². The Hall–Kier alpha value is -2.75. The molecule has 0 fully saturated rings. The quantitative estimate of drug-likeness (QED) is 0.753. The fourth-order valence-corrected chi connectivity index (χ4v) is 2.80. The van der Waals surface area contributed by atoms with Gasteiger partial charge in [0, 0.05) is 23.0 Å². The Morgan fingerprint density at radius 1 is 1.18 bits per heavy atom. The summed E-state index contributed by atoms with van der Waals surface area (Å²) < 4.78 is 5.17. The number of rotatable bonds is 5. The van der Waals surface area contributed by atoms with Crippen LogP contribution in [-0.2, 0) is 4.79 Å². The second-order valence-electron chi connectivity index (χ2n) is 5.21. The molecule has 3 aromatic rings. The molecule has 3 rings (SSSR count). The third kappa shape index (κ3) is 2.68. The van der Waals surface area contributed by atoms with Crippen molar-refractivity contribution in [2.75, 3.05) is 7.11 Å². The molecule has 0 aliphatic rings. The van der Waals surface area contributed by atoms with E-state index < -0.39 is 5.97 Å². The summed E-state index contributed by atoms with van der Waals surface area (Å²) in [6.07, 6.45) is 1.96. The van der Waals surface area contributed by atoms with Crippen molar-refractivity contribution < 1.29 is 14.6 Å². The van der Waals surface area contributed by atoms with Gasteiger partial charge >= 0.3 is 5.97 Å². The number of para-hydroxylation sites is 1. The fourth-order valence-electron chi connectivity index (χ4n) is 2.80. The lowest BCUT2D eigenvalue weighted by Gasteiger charge is -2.15. The number of carboxylic acids is 1. The summed E-state index contributed by atoms with van der Waals surface area (Å²) in [6, 6.07) is 15.5. The van der Waals surface area contributed by atoms with Gasteiger partial charge in [0.25, 0.3) is 0 Å². The van der Waals surface area contributed by atoms with Gasteiger partial charge in [-0.1, -0.05) is 30.3 Å². The lowest BCUT2D eigenvalue weighted by atomic mass is 9.88. The van der Waals surface area contributed by atoms with Crippen LogP contribution >= 0.6 is 0 Å². The minimum atomic E-state index is -0.814. The van der Waals surface area contributed by atoms with Gasteiger partial charge in [0.1, 0.15) is 5.75 Å². The zero-order valence-corrected chi connectivity index (χ0v) is 12.2. The van der Waals surface area contributed by atoms with E-state index in [0.29, 0.717) is 0 Å². The van der Waals surface area contributed by atoms with Crippen molar-refractivity contribution in [1.29, 1.82) is 0 Å². The Kier molecular flexibility index (Phi) is 3.83. The fraction of sp³-hybridized carbons (Fsp3) is 0.167. The van der Waals surface area contributed by atoms with Crippen LogP contribution in [0.15, 0.2) is 54.7 Å². The minimum absolute atomic E-state index is 0.0498. The Morgan fingerprint density at radius 2 is 1.91 bits per heavy atom. The predicted molar refractivity (Wildman–Crippen MR) is 85.4 cm³/mol. The number of H-pyrrole nitrogens is 1. The molecule has 4 heteroatoms. The number of aromatic nitrogens is 1. The van der Waals surface area contributed by atoms with Crippen molar-refractivity contribution in [2.24, 2.45) is 0 Å². The number of fused-ring (bicyclic) bond motifs is 1. The molecule has 0 saturated heterocycles. The predicted octanol–water partition coefficient (Wildman–Crippen LogP) is 3.78. The molecular weight excluding hydrogens is 278 g/mol. The first-order valence-electron chi connectivity index (χ1n) is 7.11. The summed E-state index contributed by atoms with van der Waals surface area (Å²) in [7, 11) is 1.61. The molecule has 2 aromatic carbocycles. The van der Waals surface area contributed by atoms with Gasteiger partial charge in [-0.05, 0) is 29.3 Å². The van der Waals surface area contributed by atoms with E-state index in [-0.39, 0.29) is 12.3 Å². The monoisotopic (exact) mass is 295 g/mol. The number of ether oxygens (including phenoxy) is 1. The van der Waals surface area contributed by atoms with Crippen LogP contribution in [-0.4, -0.2) is 23.2 Å². The Morgan fingerprint density at radius 3 is 2.59 bits per heavy atom. The van der Waals surface area contributed by atoms with Crippen molar-refractivity contribution in [3.05, 3.63) is 65.9 Å². The van der Waals surface area contributed by atoms with Gasteiger partial charge in [0.2, 0.25) is 0 Å². The maximum Gasteiger partial charge on any atom is 0.304 e. The molecule has 0 saturated carbocycles. The highest BCUT2D eigenvalue weighted by molar-refractivity contribution is 5.85. The number of hydrogen-bond acceptors (Lipinski definition) is 2. The van der Waals surface area contributed by atoms with Crippen molar-refractivity contribution >= 4 is 16.9 Å². The number of aliphatic carboxylic acids is 1. The van der Waals surface area contributed by atoms with Crippen molar-refractivity contribution in [3.8, 4) is 5.75 Å². The van der Waals surface area contributed by atoms with E-state index in [4.69, 9.17) is 4.74 Å². The van der Waals surface area contributed by atoms with E-state index in [2.05, 4.69) is 4.98 Å². The summed E-state index contributed by atoms with van der Waals surface area (Å²) in [6.45, 7) is 0. The number of aromatic amines is 1. The molecule has 0 amide bonds. The van der Waals surface area contributed by atoms with Crippen LogP contribution in [0.5, 0.6) is 5.75 Å². The highest BCUT2D eigenvalue weighted by Gasteiger charge is 2.21. The summed E-state index contributed by atoms with van der Waals surface area (Å²) in [5, 5.41) is 10.3. The van der Waals surface area contributed by atoms with Crippen molar-refractivity contribution in [1.82, 2.24) is 4.98 Å². The van der Waals surface area contributed by atoms with E-state index in [9.17, 15) is 9.90 Å². The maximum atomic E-state index is 11.3. The molecule has 0 radical (unpaired) electrons. The van der Waals surface area contributed by atoms with Crippen molar-refractivity contribution in [3.63, 3.8) is 0 Å². The van der Waals surface area contributed by atoms with Gasteiger partial charge in [-0.15, -0.1) is 0 Å². The van der Waals surface area contributed by atoms with Crippen LogP contribution in [0, 0.1) is 0 Å². The molecule has 1 heterocycles. The van der Waals surface area contributed by atoms with E-state index in [0.717, 1.165) is 27.8 Å². The molecule has 2 N–H and O–H groups in total. The normalized spacial score (nSPS) is 12.2. The molecule has 1 atom stereocenters. The zero-order chi connectivity index (χ0) is 15.5. The molecule has 4 nitrogen and oxygen atoms in total. The van der Waals surface area contributed by atoms with Gasteiger partial charge in [-0.25, -0.2) is 0 Å². The maximum absolute atomic E-state index is 11.3. The van der Waals surface area contributed by atoms with Gasteiger partial charge < -0.3 is 14.8 Å². The largest absolute Gasteiger partial charge is 0.497 e. The molecule has 0 aliphatic carbocycles. The van der Waals surface area contributed by atoms with Crippen LogP contribution in [0.3, 0.4) is 0 Å².